The molecule has 98 valence electrons. The van der Waals surface area contributed by atoms with Gasteiger partial charge in [-0.2, -0.15) is 13.2 Å². The number of aromatic hydroxyl groups is 1. The Hall–Kier alpha value is -2.37. The zero-order valence-corrected chi connectivity index (χ0v) is 9.48. The van der Waals surface area contributed by atoms with Gasteiger partial charge < -0.3 is 5.11 Å². The van der Waals surface area contributed by atoms with Crippen molar-refractivity contribution in [2.45, 2.75) is 6.18 Å². The second-order valence-corrected chi connectivity index (χ2v) is 3.80. The number of carbonyl (C=O) groups is 1. The van der Waals surface area contributed by atoms with Crippen molar-refractivity contribution in [1.82, 2.24) is 4.98 Å². The molecule has 0 unspecified atom stereocenters. The molecule has 0 aliphatic heterocycles. The Balaban J connectivity index is 2.45. The number of alkyl halides is 3. The van der Waals surface area contributed by atoms with E-state index in [9.17, 15) is 23.1 Å². The summed E-state index contributed by atoms with van der Waals surface area (Å²) in [6.45, 7) is 0. The highest BCUT2D eigenvalue weighted by atomic mass is 19.4. The van der Waals surface area contributed by atoms with Crippen LogP contribution in [0.25, 0.3) is 0 Å². The Morgan fingerprint density at radius 1 is 1.16 bits per heavy atom. The minimum Gasteiger partial charge on any atom is -0.507 e. The highest BCUT2D eigenvalue weighted by Crippen LogP contribution is 2.36. The molecule has 1 N–H and O–H groups in total. The lowest BCUT2D eigenvalue weighted by Gasteiger charge is -2.10. The van der Waals surface area contributed by atoms with Crippen LogP contribution in [0.15, 0.2) is 42.7 Å². The van der Waals surface area contributed by atoms with Gasteiger partial charge in [-0.15, -0.1) is 0 Å². The molecule has 0 aliphatic carbocycles. The van der Waals surface area contributed by atoms with E-state index in [1.54, 1.807) is 0 Å². The number of nitrogens with zero attached hydrogens (tertiary/aromatic N) is 1. The molecule has 1 aromatic carbocycles. The van der Waals surface area contributed by atoms with Crippen LogP contribution in [0.2, 0.25) is 0 Å². The SMILES string of the molecule is O=C(c1cccnc1)c1ccc(O)c(C(F)(F)F)c1. The molecule has 2 rings (SSSR count). The fraction of sp³-hybridized carbons (Fsp3) is 0.0769. The van der Waals surface area contributed by atoms with E-state index in [1.165, 1.54) is 24.5 Å². The summed E-state index contributed by atoms with van der Waals surface area (Å²) >= 11 is 0. The van der Waals surface area contributed by atoms with E-state index in [0.29, 0.717) is 6.07 Å². The number of hydrogen-bond acceptors (Lipinski definition) is 3. The summed E-state index contributed by atoms with van der Waals surface area (Å²) in [5.74, 6) is -1.49. The second-order valence-electron chi connectivity index (χ2n) is 3.80. The van der Waals surface area contributed by atoms with Gasteiger partial charge in [0.1, 0.15) is 5.75 Å². The minimum atomic E-state index is -4.71. The van der Waals surface area contributed by atoms with Crippen LogP contribution in [0, 0.1) is 0 Å². The first-order valence-corrected chi connectivity index (χ1v) is 5.24. The van der Waals surface area contributed by atoms with Gasteiger partial charge in [-0.05, 0) is 30.3 Å². The number of hydrogen-bond donors (Lipinski definition) is 1. The van der Waals surface area contributed by atoms with Crippen LogP contribution in [0.1, 0.15) is 21.5 Å². The van der Waals surface area contributed by atoms with E-state index in [1.807, 2.05) is 0 Å². The standard InChI is InChI=1S/C13H8F3NO2/c14-13(15,16)10-6-8(3-4-11(10)18)12(19)9-2-1-5-17-7-9/h1-7,18H. The van der Waals surface area contributed by atoms with Gasteiger partial charge in [-0.3, -0.25) is 9.78 Å². The van der Waals surface area contributed by atoms with Crippen molar-refractivity contribution in [2.24, 2.45) is 0 Å². The lowest BCUT2D eigenvalue weighted by Crippen LogP contribution is -2.08. The molecule has 0 fully saturated rings. The van der Waals surface area contributed by atoms with Crippen LogP contribution >= 0.6 is 0 Å². The summed E-state index contributed by atoms with van der Waals surface area (Å²) in [7, 11) is 0. The summed E-state index contributed by atoms with van der Waals surface area (Å²) in [6, 6.07) is 5.59. The minimum absolute atomic E-state index is 0.155. The molecular formula is C13H8F3NO2. The van der Waals surface area contributed by atoms with Crippen LogP contribution in [0.5, 0.6) is 5.75 Å². The third-order valence-corrected chi connectivity index (χ3v) is 2.49. The molecule has 0 atom stereocenters. The van der Waals surface area contributed by atoms with E-state index in [4.69, 9.17) is 0 Å². The molecule has 3 nitrogen and oxygen atoms in total. The maximum atomic E-state index is 12.6. The molecule has 0 saturated carbocycles. The Bertz CT molecular complexity index is 609. The van der Waals surface area contributed by atoms with Gasteiger partial charge in [-0.25, -0.2) is 0 Å². The predicted octanol–water partition coefficient (Wildman–Crippen LogP) is 3.04. The van der Waals surface area contributed by atoms with E-state index in [-0.39, 0.29) is 11.1 Å². The average Bonchev–Trinajstić information content (AvgIpc) is 2.38. The lowest BCUT2D eigenvalue weighted by atomic mass is 10.0. The number of pyridine rings is 1. The topological polar surface area (TPSA) is 50.2 Å². The number of rotatable bonds is 2. The first-order valence-electron chi connectivity index (χ1n) is 5.24. The van der Waals surface area contributed by atoms with Crippen LogP contribution < -0.4 is 0 Å². The first-order chi connectivity index (χ1) is 8.89. The number of ketones is 1. The summed E-state index contributed by atoms with van der Waals surface area (Å²) in [5.41, 5.74) is -1.21. The quantitative estimate of drug-likeness (QED) is 0.851. The lowest BCUT2D eigenvalue weighted by molar-refractivity contribution is -0.138. The largest absolute Gasteiger partial charge is 0.507 e. The smallest absolute Gasteiger partial charge is 0.419 e. The molecule has 1 aromatic heterocycles. The number of phenols is 1. The van der Waals surface area contributed by atoms with Crippen molar-refractivity contribution in [3.63, 3.8) is 0 Å². The highest BCUT2D eigenvalue weighted by Gasteiger charge is 2.34. The Morgan fingerprint density at radius 2 is 1.89 bits per heavy atom. The fourth-order valence-electron chi connectivity index (χ4n) is 1.57. The summed E-state index contributed by atoms with van der Waals surface area (Å²) < 4.78 is 37.8. The van der Waals surface area contributed by atoms with Gasteiger partial charge in [0, 0.05) is 23.5 Å². The molecule has 0 spiro atoms. The average molecular weight is 267 g/mol. The summed E-state index contributed by atoms with van der Waals surface area (Å²) in [6.07, 6.45) is -1.99. The third-order valence-electron chi connectivity index (χ3n) is 2.49. The molecule has 0 radical (unpaired) electrons. The van der Waals surface area contributed by atoms with Crippen molar-refractivity contribution in [3.05, 3.63) is 59.4 Å². The van der Waals surface area contributed by atoms with Crippen molar-refractivity contribution in [3.8, 4) is 5.75 Å². The predicted molar refractivity (Wildman–Crippen MR) is 60.8 cm³/mol. The van der Waals surface area contributed by atoms with Crippen LogP contribution in [0.4, 0.5) is 13.2 Å². The van der Waals surface area contributed by atoms with Crippen molar-refractivity contribution < 1.29 is 23.1 Å². The van der Waals surface area contributed by atoms with Crippen LogP contribution in [-0.2, 0) is 6.18 Å². The van der Waals surface area contributed by atoms with E-state index in [2.05, 4.69) is 4.98 Å². The Labute approximate surface area is 106 Å². The van der Waals surface area contributed by atoms with E-state index >= 15 is 0 Å². The molecule has 1 heterocycles. The van der Waals surface area contributed by atoms with Crippen LogP contribution in [0.3, 0.4) is 0 Å². The third kappa shape index (κ3) is 2.73. The zero-order valence-electron chi connectivity index (χ0n) is 9.48. The number of carbonyl (C=O) groups excluding carboxylic acids is 1. The molecule has 0 saturated heterocycles. The molecule has 2 aromatic rings. The van der Waals surface area contributed by atoms with E-state index in [0.717, 1.165) is 12.1 Å². The molecule has 6 heteroatoms. The molecular weight excluding hydrogens is 259 g/mol. The second kappa shape index (κ2) is 4.72. The van der Waals surface area contributed by atoms with Crippen LogP contribution in [-0.4, -0.2) is 15.9 Å². The van der Waals surface area contributed by atoms with Gasteiger partial charge in [0.25, 0.3) is 0 Å². The van der Waals surface area contributed by atoms with Crippen molar-refractivity contribution in [2.75, 3.05) is 0 Å². The summed E-state index contributed by atoms with van der Waals surface area (Å²) in [5, 5.41) is 9.18. The number of phenolic OH excluding ortho intramolecular Hbond substituents is 1. The van der Waals surface area contributed by atoms with Crippen molar-refractivity contribution in [1.29, 1.82) is 0 Å². The number of benzene rings is 1. The highest BCUT2D eigenvalue weighted by molar-refractivity contribution is 6.08. The van der Waals surface area contributed by atoms with Crippen molar-refractivity contribution >= 4 is 5.78 Å². The van der Waals surface area contributed by atoms with Gasteiger partial charge >= 0.3 is 6.18 Å². The van der Waals surface area contributed by atoms with Gasteiger partial charge in [0.05, 0.1) is 5.56 Å². The van der Waals surface area contributed by atoms with Gasteiger partial charge in [0.15, 0.2) is 5.78 Å². The molecule has 0 amide bonds. The first kappa shape index (κ1) is 13.1. The molecule has 19 heavy (non-hydrogen) atoms. The maximum absolute atomic E-state index is 12.6. The summed E-state index contributed by atoms with van der Waals surface area (Å²) in [4.78, 5) is 15.7. The number of aromatic nitrogens is 1. The monoisotopic (exact) mass is 267 g/mol. The Kier molecular flexibility index (Phi) is 3.25. The molecule has 0 bridgehead atoms. The van der Waals surface area contributed by atoms with Gasteiger partial charge in [-0.1, -0.05) is 0 Å². The van der Waals surface area contributed by atoms with E-state index < -0.39 is 23.3 Å². The molecule has 0 aliphatic rings. The zero-order chi connectivity index (χ0) is 14.0. The fourth-order valence-corrected chi connectivity index (χ4v) is 1.57. The van der Waals surface area contributed by atoms with Gasteiger partial charge in [0.2, 0.25) is 0 Å². The number of halogens is 3. The Morgan fingerprint density at radius 3 is 2.47 bits per heavy atom. The normalized spacial score (nSPS) is 11.3. The maximum Gasteiger partial charge on any atom is 0.419 e.